The minimum absolute atomic E-state index is 0.00516. The Kier molecular flexibility index (Phi) is 5.39. The van der Waals surface area contributed by atoms with Crippen molar-refractivity contribution >= 4 is 33.9 Å². The molecule has 28 heavy (non-hydrogen) atoms. The summed E-state index contributed by atoms with van der Waals surface area (Å²) in [4.78, 5) is 31.6. The highest BCUT2D eigenvalue weighted by molar-refractivity contribution is 7.09. The molecule has 1 saturated heterocycles. The Labute approximate surface area is 168 Å². The van der Waals surface area contributed by atoms with Crippen LogP contribution >= 0.6 is 11.3 Å². The molecule has 1 atom stereocenters. The number of likely N-dealkylation sites (tertiary alicyclic amines) is 1. The van der Waals surface area contributed by atoms with Gasteiger partial charge in [-0.1, -0.05) is 36.4 Å². The van der Waals surface area contributed by atoms with E-state index in [-0.39, 0.29) is 17.7 Å². The Morgan fingerprint density at radius 2 is 2.04 bits per heavy atom. The maximum atomic E-state index is 12.7. The van der Waals surface area contributed by atoms with Gasteiger partial charge in [-0.05, 0) is 42.5 Å². The number of hydrogen-bond acceptors (Lipinski definition) is 4. The molecule has 1 aliphatic heterocycles. The smallest absolute Gasteiger partial charge is 0.273 e. The molecule has 1 N–H and O–H groups in total. The Bertz CT molecular complexity index is 1010. The molecule has 0 aliphatic carbocycles. The van der Waals surface area contributed by atoms with Gasteiger partial charge >= 0.3 is 0 Å². The summed E-state index contributed by atoms with van der Waals surface area (Å²) in [7, 11) is 0. The first kappa shape index (κ1) is 18.6. The molecule has 0 radical (unpaired) electrons. The SMILES string of the molecule is Cc1nc(C(=O)N2CCC[C@H](CNC(=O)c3cccc4ccccc34)C2)cs1. The van der Waals surface area contributed by atoms with Crippen molar-refractivity contribution in [1.82, 2.24) is 15.2 Å². The quantitative estimate of drug-likeness (QED) is 0.732. The number of nitrogens with one attached hydrogen (secondary N) is 1. The topological polar surface area (TPSA) is 62.3 Å². The zero-order valence-corrected chi connectivity index (χ0v) is 16.7. The number of benzene rings is 2. The molecule has 2 heterocycles. The first-order valence-electron chi connectivity index (χ1n) is 9.59. The van der Waals surface area contributed by atoms with Crippen molar-refractivity contribution in [2.45, 2.75) is 19.8 Å². The van der Waals surface area contributed by atoms with Crippen LogP contribution in [-0.2, 0) is 0 Å². The van der Waals surface area contributed by atoms with Crippen molar-refractivity contribution in [2.24, 2.45) is 5.92 Å². The zero-order valence-electron chi connectivity index (χ0n) is 15.9. The van der Waals surface area contributed by atoms with Crippen LogP contribution in [0.25, 0.3) is 10.8 Å². The van der Waals surface area contributed by atoms with E-state index >= 15 is 0 Å². The second kappa shape index (κ2) is 8.10. The van der Waals surface area contributed by atoms with Crippen LogP contribution in [0.3, 0.4) is 0 Å². The van der Waals surface area contributed by atoms with Gasteiger partial charge in [-0.3, -0.25) is 9.59 Å². The molecule has 144 valence electrons. The van der Waals surface area contributed by atoms with Gasteiger partial charge in [-0.15, -0.1) is 11.3 Å². The number of aromatic nitrogens is 1. The highest BCUT2D eigenvalue weighted by Gasteiger charge is 2.26. The fourth-order valence-corrected chi connectivity index (χ4v) is 4.38. The summed E-state index contributed by atoms with van der Waals surface area (Å²) in [5, 5.41) is 7.82. The highest BCUT2D eigenvalue weighted by Crippen LogP contribution is 2.21. The van der Waals surface area contributed by atoms with E-state index in [0.717, 1.165) is 35.2 Å². The van der Waals surface area contributed by atoms with Crippen LogP contribution in [0.4, 0.5) is 0 Å². The fraction of sp³-hybridized carbons (Fsp3) is 0.318. The molecule has 1 aromatic heterocycles. The van der Waals surface area contributed by atoms with E-state index in [1.807, 2.05) is 59.7 Å². The minimum atomic E-state index is -0.0598. The van der Waals surface area contributed by atoms with Crippen LogP contribution in [-0.4, -0.2) is 41.3 Å². The molecule has 0 saturated carbocycles. The summed E-state index contributed by atoms with van der Waals surface area (Å²) in [5.74, 6) is 0.196. The second-order valence-electron chi connectivity index (χ2n) is 7.25. The first-order chi connectivity index (χ1) is 13.6. The molecular formula is C22H23N3O2S. The normalized spacial score (nSPS) is 16.9. The number of carbonyl (C=O) groups excluding carboxylic acids is 2. The zero-order chi connectivity index (χ0) is 19.5. The summed E-state index contributed by atoms with van der Waals surface area (Å²) < 4.78 is 0. The molecule has 0 bridgehead atoms. The number of carbonyl (C=O) groups is 2. The van der Waals surface area contributed by atoms with Crippen molar-refractivity contribution in [3.63, 3.8) is 0 Å². The predicted octanol–water partition coefficient (Wildman–Crippen LogP) is 3.89. The standard InChI is InChI=1S/C22H23N3O2S/c1-15-24-20(14-28-15)22(27)25-11-5-6-16(13-25)12-23-21(26)19-10-4-8-17-7-2-3-9-18(17)19/h2-4,7-10,14,16H,5-6,11-13H2,1H3,(H,23,26)/t16-/m1/s1. The third-order valence-electron chi connectivity index (χ3n) is 5.23. The summed E-state index contributed by atoms with van der Waals surface area (Å²) in [6, 6.07) is 13.7. The first-order valence-corrected chi connectivity index (χ1v) is 10.5. The van der Waals surface area contributed by atoms with Gasteiger partial charge in [-0.25, -0.2) is 4.98 Å². The van der Waals surface area contributed by atoms with Crippen LogP contribution in [0.2, 0.25) is 0 Å². The molecule has 0 unspecified atom stereocenters. The lowest BCUT2D eigenvalue weighted by molar-refractivity contribution is 0.0665. The minimum Gasteiger partial charge on any atom is -0.352 e. The van der Waals surface area contributed by atoms with Crippen LogP contribution in [0.1, 0.15) is 38.7 Å². The molecule has 5 nitrogen and oxygen atoms in total. The summed E-state index contributed by atoms with van der Waals surface area (Å²) in [5.41, 5.74) is 1.22. The summed E-state index contributed by atoms with van der Waals surface area (Å²) in [6.45, 7) is 3.89. The molecule has 3 aromatic rings. The van der Waals surface area contributed by atoms with E-state index in [1.165, 1.54) is 11.3 Å². The van der Waals surface area contributed by atoms with Gasteiger partial charge < -0.3 is 10.2 Å². The lowest BCUT2D eigenvalue weighted by Crippen LogP contribution is -2.43. The summed E-state index contributed by atoms with van der Waals surface area (Å²) in [6.07, 6.45) is 1.96. The van der Waals surface area contributed by atoms with Gasteiger partial charge in [0.2, 0.25) is 0 Å². The fourth-order valence-electron chi connectivity index (χ4n) is 3.80. The molecule has 0 spiro atoms. The third-order valence-corrected chi connectivity index (χ3v) is 6.00. The maximum absolute atomic E-state index is 12.7. The van der Waals surface area contributed by atoms with Crippen molar-refractivity contribution in [3.05, 3.63) is 64.1 Å². The molecule has 2 amide bonds. The van der Waals surface area contributed by atoms with Gasteiger partial charge in [0.15, 0.2) is 0 Å². The largest absolute Gasteiger partial charge is 0.352 e. The van der Waals surface area contributed by atoms with Gasteiger partial charge in [0.25, 0.3) is 11.8 Å². The number of piperidine rings is 1. The van der Waals surface area contributed by atoms with E-state index in [2.05, 4.69) is 10.3 Å². The molecular weight excluding hydrogens is 370 g/mol. The monoisotopic (exact) mass is 393 g/mol. The number of nitrogens with zero attached hydrogens (tertiary/aromatic N) is 2. The van der Waals surface area contributed by atoms with Crippen LogP contribution in [0.15, 0.2) is 47.8 Å². The second-order valence-corrected chi connectivity index (χ2v) is 8.31. The lowest BCUT2D eigenvalue weighted by atomic mass is 9.97. The highest BCUT2D eigenvalue weighted by atomic mass is 32.1. The number of aryl methyl sites for hydroxylation is 1. The number of fused-ring (bicyclic) bond motifs is 1. The number of amides is 2. The van der Waals surface area contributed by atoms with E-state index in [4.69, 9.17) is 0 Å². The molecule has 2 aromatic carbocycles. The predicted molar refractivity (Wildman–Crippen MR) is 112 cm³/mol. The van der Waals surface area contributed by atoms with Gasteiger partial charge in [0, 0.05) is 30.6 Å². The Hall–Kier alpha value is -2.73. The van der Waals surface area contributed by atoms with Crippen molar-refractivity contribution in [1.29, 1.82) is 0 Å². The van der Waals surface area contributed by atoms with Crippen LogP contribution in [0, 0.1) is 12.8 Å². The molecule has 1 fully saturated rings. The van der Waals surface area contributed by atoms with Crippen LogP contribution in [0.5, 0.6) is 0 Å². The Morgan fingerprint density at radius 3 is 2.86 bits per heavy atom. The van der Waals surface area contributed by atoms with Gasteiger partial charge in [0.1, 0.15) is 5.69 Å². The van der Waals surface area contributed by atoms with E-state index < -0.39 is 0 Å². The Morgan fingerprint density at radius 1 is 1.21 bits per heavy atom. The molecule has 4 rings (SSSR count). The van der Waals surface area contributed by atoms with Gasteiger partial charge in [-0.2, -0.15) is 0 Å². The lowest BCUT2D eigenvalue weighted by Gasteiger charge is -2.32. The van der Waals surface area contributed by atoms with E-state index in [0.29, 0.717) is 24.3 Å². The van der Waals surface area contributed by atoms with Gasteiger partial charge in [0.05, 0.1) is 5.01 Å². The van der Waals surface area contributed by atoms with Crippen molar-refractivity contribution in [2.75, 3.05) is 19.6 Å². The summed E-state index contributed by atoms with van der Waals surface area (Å²) >= 11 is 1.49. The van der Waals surface area contributed by atoms with Crippen molar-refractivity contribution < 1.29 is 9.59 Å². The average molecular weight is 394 g/mol. The van der Waals surface area contributed by atoms with Crippen LogP contribution < -0.4 is 5.32 Å². The third kappa shape index (κ3) is 3.92. The number of hydrogen-bond donors (Lipinski definition) is 1. The maximum Gasteiger partial charge on any atom is 0.273 e. The van der Waals surface area contributed by atoms with Crippen molar-refractivity contribution in [3.8, 4) is 0 Å². The Balaban J connectivity index is 1.39. The molecule has 1 aliphatic rings. The number of rotatable bonds is 4. The van der Waals surface area contributed by atoms with E-state index in [9.17, 15) is 9.59 Å². The van der Waals surface area contributed by atoms with E-state index in [1.54, 1.807) is 0 Å². The number of thiazole rings is 1. The molecule has 6 heteroatoms. The average Bonchev–Trinajstić information content (AvgIpc) is 3.17.